The SMILES string of the molecule is CC(Cc1ccc(-c2cc(F)c(C(=O)Oc3cc(F)c(F)c(F)c3)c(F)c2)cc1)c1ccccc1. The fraction of sp³-hybridized carbons (Fsp3) is 0.107. The molecule has 0 N–H and O–H groups in total. The molecular formula is C28H19F5O2. The molecule has 35 heavy (non-hydrogen) atoms. The van der Waals surface area contributed by atoms with Gasteiger partial charge in [0.1, 0.15) is 22.9 Å². The standard InChI is InChI=1S/C28H19F5O2/c1-16(18-5-3-2-4-6-18)11-17-7-9-19(10-8-17)20-12-22(29)26(23(30)13-20)28(34)35-21-14-24(31)27(33)25(32)15-21/h2-10,12-16H,11H2,1H3. The molecule has 0 heterocycles. The lowest BCUT2D eigenvalue weighted by molar-refractivity contribution is 0.0723. The van der Waals surface area contributed by atoms with E-state index in [0.29, 0.717) is 17.7 Å². The normalized spacial score (nSPS) is 11.8. The number of ether oxygens (including phenoxy) is 1. The van der Waals surface area contributed by atoms with E-state index < -0.39 is 46.4 Å². The van der Waals surface area contributed by atoms with Crippen LogP contribution < -0.4 is 4.74 Å². The van der Waals surface area contributed by atoms with Crippen LogP contribution in [0.2, 0.25) is 0 Å². The van der Waals surface area contributed by atoms with Crippen molar-refractivity contribution < 1.29 is 31.5 Å². The molecule has 0 saturated heterocycles. The Morgan fingerprint density at radius 1 is 0.743 bits per heavy atom. The summed E-state index contributed by atoms with van der Waals surface area (Å²) in [6.45, 7) is 2.11. The Bertz CT molecular complexity index is 1320. The largest absolute Gasteiger partial charge is 0.423 e. The van der Waals surface area contributed by atoms with Crippen LogP contribution in [0.1, 0.15) is 34.3 Å². The summed E-state index contributed by atoms with van der Waals surface area (Å²) in [4.78, 5) is 12.2. The monoisotopic (exact) mass is 482 g/mol. The number of carbonyl (C=O) groups is 1. The first kappa shape index (κ1) is 24.1. The van der Waals surface area contributed by atoms with E-state index in [0.717, 1.165) is 24.1 Å². The third-order valence-electron chi connectivity index (χ3n) is 5.61. The first-order valence-electron chi connectivity index (χ1n) is 10.7. The molecule has 0 aliphatic carbocycles. The lowest BCUT2D eigenvalue weighted by Gasteiger charge is -2.13. The molecule has 4 aromatic carbocycles. The zero-order chi connectivity index (χ0) is 25.1. The summed E-state index contributed by atoms with van der Waals surface area (Å²) in [5.41, 5.74) is 1.94. The van der Waals surface area contributed by atoms with Gasteiger partial charge in [-0.15, -0.1) is 0 Å². The maximum absolute atomic E-state index is 14.7. The van der Waals surface area contributed by atoms with E-state index in [1.807, 2.05) is 30.3 Å². The van der Waals surface area contributed by atoms with Crippen molar-refractivity contribution in [1.29, 1.82) is 0 Å². The minimum absolute atomic E-state index is 0.193. The fourth-order valence-corrected chi connectivity index (χ4v) is 3.77. The highest BCUT2D eigenvalue weighted by atomic mass is 19.2. The number of esters is 1. The summed E-state index contributed by atoms with van der Waals surface area (Å²) in [5, 5.41) is 0. The fourth-order valence-electron chi connectivity index (χ4n) is 3.77. The molecule has 0 amide bonds. The molecule has 0 saturated carbocycles. The molecule has 1 unspecified atom stereocenters. The predicted octanol–water partition coefficient (Wildman–Crippen LogP) is 7.61. The molecule has 178 valence electrons. The maximum Gasteiger partial charge on any atom is 0.349 e. The summed E-state index contributed by atoms with van der Waals surface area (Å²) >= 11 is 0. The Labute approximate surface area is 198 Å². The Balaban J connectivity index is 1.52. The van der Waals surface area contributed by atoms with E-state index in [4.69, 9.17) is 0 Å². The molecule has 1 atom stereocenters. The number of halogens is 5. The molecule has 0 aliphatic rings. The molecule has 0 spiro atoms. The molecule has 4 aromatic rings. The van der Waals surface area contributed by atoms with Crippen molar-refractivity contribution in [2.45, 2.75) is 19.3 Å². The van der Waals surface area contributed by atoms with Gasteiger partial charge in [0.2, 0.25) is 0 Å². The lowest BCUT2D eigenvalue weighted by atomic mass is 9.93. The average molecular weight is 482 g/mol. The molecule has 0 aliphatic heterocycles. The summed E-state index contributed by atoms with van der Waals surface area (Å²) in [6.07, 6.45) is 0.780. The topological polar surface area (TPSA) is 26.3 Å². The minimum atomic E-state index is -1.76. The summed E-state index contributed by atoms with van der Waals surface area (Å²) < 4.78 is 73.7. The molecule has 4 rings (SSSR count). The van der Waals surface area contributed by atoms with Crippen molar-refractivity contribution in [2.75, 3.05) is 0 Å². The van der Waals surface area contributed by atoms with E-state index >= 15 is 0 Å². The van der Waals surface area contributed by atoms with E-state index in [9.17, 15) is 26.7 Å². The highest BCUT2D eigenvalue weighted by molar-refractivity contribution is 5.92. The van der Waals surface area contributed by atoms with Crippen LogP contribution in [0.4, 0.5) is 22.0 Å². The third-order valence-corrected chi connectivity index (χ3v) is 5.61. The van der Waals surface area contributed by atoms with Gasteiger partial charge in [-0.25, -0.2) is 26.7 Å². The average Bonchev–Trinajstić information content (AvgIpc) is 2.83. The van der Waals surface area contributed by atoms with E-state index in [1.54, 1.807) is 12.1 Å². The Hall–Kier alpha value is -4.00. The van der Waals surface area contributed by atoms with Gasteiger partial charge < -0.3 is 4.74 Å². The van der Waals surface area contributed by atoms with Crippen molar-refractivity contribution in [3.05, 3.63) is 125 Å². The predicted molar refractivity (Wildman–Crippen MR) is 122 cm³/mol. The summed E-state index contributed by atoms with van der Waals surface area (Å²) in [7, 11) is 0. The first-order valence-corrected chi connectivity index (χ1v) is 10.7. The number of carbonyl (C=O) groups excluding carboxylic acids is 1. The second kappa shape index (κ2) is 10.1. The smallest absolute Gasteiger partial charge is 0.349 e. The number of benzene rings is 4. The minimum Gasteiger partial charge on any atom is -0.423 e. The van der Waals surface area contributed by atoms with Crippen LogP contribution in [0.15, 0.2) is 78.9 Å². The van der Waals surface area contributed by atoms with Crippen LogP contribution in [0.3, 0.4) is 0 Å². The van der Waals surface area contributed by atoms with Crippen molar-refractivity contribution >= 4 is 5.97 Å². The van der Waals surface area contributed by atoms with Crippen molar-refractivity contribution in [3.63, 3.8) is 0 Å². The number of hydrogen-bond donors (Lipinski definition) is 0. The molecule has 0 radical (unpaired) electrons. The van der Waals surface area contributed by atoms with Gasteiger partial charge in [-0.2, -0.15) is 0 Å². The number of rotatable bonds is 6. The van der Waals surface area contributed by atoms with Crippen molar-refractivity contribution in [1.82, 2.24) is 0 Å². The molecule has 0 aromatic heterocycles. The molecule has 2 nitrogen and oxygen atoms in total. The van der Waals surface area contributed by atoms with Gasteiger partial charge in [-0.3, -0.25) is 0 Å². The van der Waals surface area contributed by atoms with Gasteiger partial charge in [0.15, 0.2) is 17.5 Å². The zero-order valence-corrected chi connectivity index (χ0v) is 18.5. The molecule has 7 heteroatoms. The maximum atomic E-state index is 14.7. The second-order valence-corrected chi connectivity index (χ2v) is 8.12. The zero-order valence-electron chi connectivity index (χ0n) is 18.5. The van der Waals surface area contributed by atoms with E-state index in [-0.39, 0.29) is 11.5 Å². The van der Waals surface area contributed by atoms with Gasteiger partial charge >= 0.3 is 5.97 Å². The van der Waals surface area contributed by atoms with Crippen LogP contribution in [0.5, 0.6) is 5.75 Å². The lowest BCUT2D eigenvalue weighted by Crippen LogP contribution is -2.14. The van der Waals surface area contributed by atoms with E-state index in [1.165, 1.54) is 5.56 Å². The Morgan fingerprint density at radius 3 is 1.89 bits per heavy atom. The summed E-state index contributed by atoms with van der Waals surface area (Å²) in [5.74, 6) is -9.35. The van der Waals surface area contributed by atoms with Crippen LogP contribution in [0.25, 0.3) is 11.1 Å². The van der Waals surface area contributed by atoms with Gasteiger partial charge in [0.25, 0.3) is 0 Å². The van der Waals surface area contributed by atoms with Gasteiger partial charge in [-0.05, 0) is 46.7 Å². The number of hydrogen-bond acceptors (Lipinski definition) is 2. The Morgan fingerprint density at radius 2 is 1.31 bits per heavy atom. The Kier molecular flexibility index (Phi) is 6.96. The quantitative estimate of drug-likeness (QED) is 0.122. The van der Waals surface area contributed by atoms with Crippen molar-refractivity contribution in [2.24, 2.45) is 0 Å². The van der Waals surface area contributed by atoms with Crippen LogP contribution in [-0.2, 0) is 6.42 Å². The van der Waals surface area contributed by atoms with Gasteiger partial charge in [0.05, 0.1) is 0 Å². The highest BCUT2D eigenvalue weighted by Crippen LogP contribution is 2.28. The van der Waals surface area contributed by atoms with Crippen LogP contribution in [0, 0.1) is 29.1 Å². The van der Waals surface area contributed by atoms with Gasteiger partial charge in [0, 0.05) is 12.1 Å². The molecule has 0 fully saturated rings. The van der Waals surface area contributed by atoms with Gasteiger partial charge in [-0.1, -0.05) is 61.5 Å². The molecular weight excluding hydrogens is 463 g/mol. The van der Waals surface area contributed by atoms with Crippen molar-refractivity contribution in [3.8, 4) is 16.9 Å². The highest BCUT2D eigenvalue weighted by Gasteiger charge is 2.23. The summed E-state index contributed by atoms with van der Waals surface area (Å²) in [6, 6.07) is 19.9. The molecule has 0 bridgehead atoms. The first-order chi connectivity index (χ1) is 16.7. The van der Waals surface area contributed by atoms with Crippen LogP contribution in [-0.4, -0.2) is 5.97 Å². The van der Waals surface area contributed by atoms with E-state index in [2.05, 4.69) is 23.8 Å². The second-order valence-electron chi connectivity index (χ2n) is 8.12. The third kappa shape index (κ3) is 5.40. The van der Waals surface area contributed by atoms with Crippen LogP contribution >= 0.6 is 0 Å².